The first-order chi connectivity index (χ1) is 16.4. The van der Waals surface area contributed by atoms with Gasteiger partial charge in [-0.3, -0.25) is 29.6 Å². The van der Waals surface area contributed by atoms with Crippen LogP contribution in [0.3, 0.4) is 0 Å². The second-order valence-electron chi connectivity index (χ2n) is 9.67. The molecular formula is C26H30BrN3O5. The van der Waals surface area contributed by atoms with Crippen LogP contribution in [0.25, 0.3) is 0 Å². The molecule has 0 unspecified atom stereocenters. The number of hydrogen-bond donors (Lipinski definition) is 2. The number of nitrogens with zero attached hydrogens (tertiary/aromatic N) is 1. The number of nitrogens with one attached hydrogen (secondary N) is 2. The Morgan fingerprint density at radius 1 is 1.06 bits per heavy atom. The van der Waals surface area contributed by atoms with Crippen molar-refractivity contribution in [3.05, 3.63) is 63.1 Å². The Bertz CT molecular complexity index is 1150. The zero-order valence-electron chi connectivity index (χ0n) is 20.5. The average Bonchev–Trinajstić information content (AvgIpc) is 3.17. The minimum absolute atomic E-state index is 0.0177. The fraction of sp³-hybridized carbons (Fsp3) is 0.385. The Labute approximate surface area is 213 Å². The maximum absolute atomic E-state index is 12.6. The molecule has 0 aromatic heterocycles. The molecule has 3 amide bonds. The summed E-state index contributed by atoms with van der Waals surface area (Å²) < 4.78 is 6.07. The Hall–Kier alpha value is -3.20. The molecule has 1 fully saturated rings. The summed E-state index contributed by atoms with van der Waals surface area (Å²) in [6, 6.07) is 10.8. The van der Waals surface area contributed by atoms with Gasteiger partial charge in [0.15, 0.2) is 6.61 Å². The van der Waals surface area contributed by atoms with Crippen molar-refractivity contribution in [2.45, 2.75) is 46.5 Å². The third-order valence-electron chi connectivity index (χ3n) is 6.05. The quantitative estimate of drug-likeness (QED) is 0.535. The van der Waals surface area contributed by atoms with E-state index in [0.29, 0.717) is 11.3 Å². The Morgan fingerprint density at radius 3 is 2.34 bits per heavy atom. The summed E-state index contributed by atoms with van der Waals surface area (Å²) >= 11 is 3.44. The first-order valence-corrected chi connectivity index (χ1v) is 12.1. The Morgan fingerprint density at radius 2 is 1.71 bits per heavy atom. The average molecular weight is 544 g/mol. The number of ether oxygens (including phenoxy) is 1. The number of halogens is 1. The number of hydrogen-bond acceptors (Lipinski definition) is 5. The van der Waals surface area contributed by atoms with Gasteiger partial charge in [-0.05, 0) is 60.2 Å². The standard InChI is InChI=1S/C26H30BrN3O5/c1-15-16(2)21(11-10-20(15)27)28-22(31)14-35-25(34)18-12-23(32)30(13-18)29-24(33)17-6-8-19(9-7-17)26(3,4)5/h6-11,18H,12-14H2,1-5H3,(H,28,31)(H,29,33)/t18-/m1/s1. The van der Waals surface area contributed by atoms with Crippen LogP contribution in [0, 0.1) is 19.8 Å². The molecule has 2 aromatic rings. The zero-order valence-corrected chi connectivity index (χ0v) is 22.1. The number of hydrazine groups is 1. The molecule has 1 saturated heterocycles. The summed E-state index contributed by atoms with van der Waals surface area (Å²) in [5, 5.41) is 3.85. The van der Waals surface area contributed by atoms with Gasteiger partial charge < -0.3 is 10.1 Å². The monoisotopic (exact) mass is 543 g/mol. The molecule has 0 saturated carbocycles. The van der Waals surface area contributed by atoms with Gasteiger partial charge in [0.1, 0.15) is 0 Å². The third-order valence-corrected chi connectivity index (χ3v) is 6.91. The summed E-state index contributed by atoms with van der Waals surface area (Å²) in [5.74, 6) is -2.74. The molecule has 0 bridgehead atoms. The molecule has 186 valence electrons. The van der Waals surface area contributed by atoms with E-state index in [4.69, 9.17) is 4.74 Å². The molecule has 1 heterocycles. The van der Waals surface area contributed by atoms with E-state index in [0.717, 1.165) is 26.2 Å². The van der Waals surface area contributed by atoms with E-state index in [9.17, 15) is 19.2 Å². The van der Waals surface area contributed by atoms with E-state index in [1.165, 1.54) is 0 Å². The summed E-state index contributed by atoms with van der Waals surface area (Å²) in [6.45, 7) is 9.57. The molecule has 0 aliphatic carbocycles. The highest BCUT2D eigenvalue weighted by Gasteiger charge is 2.36. The van der Waals surface area contributed by atoms with Crippen LogP contribution in [0.2, 0.25) is 0 Å². The van der Waals surface area contributed by atoms with Crippen LogP contribution in [0.1, 0.15) is 54.2 Å². The van der Waals surface area contributed by atoms with Gasteiger partial charge in [-0.2, -0.15) is 0 Å². The molecule has 2 N–H and O–H groups in total. The fourth-order valence-corrected chi connectivity index (χ4v) is 4.08. The van der Waals surface area contributed by atoms with Crippen molar-refractivity contribution in [2.24, 2.45) is 5.92 Å². The molecule has 1 aliphatic heterocycles. The number of esters is 1. The number of rotatable bonds is 6. The van der Waals surface area contributed by atoms with E-state index in [2.05, 4.69) is 47.4 Å². The highest BCUT2D eigenvalue weighted by molar-refractivity contribution is 9.10. The molecule has 3 rings (SSSR count). The van der Waals surface area contributed by atoms with E-state index < -0.39 is 36.2 Å². The highest BCUT2D eigenvalue weighted by Crippen LogP contribution is 2.26. The minimum Gasteiger partial charge on any atom is -0.455 e. The van der Waals surface area contributed by atoms with Crippen LogP contribution in [0.5, 0.6) is 0 Å². The largest absolute Gasteiger partial charge is 0.455 e. The maximum Gasteiger partial charge on any atom is 0.311 e. The van der Waals surface area contributed by atoms with Gasteiger partial charge in [0.25, 0.3) is 11.8 Å². The highest BCUT2D eigenvalue weighted by atomic mass is 79.9. The molecule has 8 nitrogen and oxygen atoms in total. The van der Waals surface area contributed by atoms with Crippen LogP contribution in [-0.2, 0) is 24.5 Å². The maximum atomic E-state index is 12.6. The lowest BCUT2D eigenvalue weighted by Gasteiger charge is -2.20. The van der Waals surface area contributed by atoms with Gasteiger partial charge in [0, 0.05) is 22.1 Å². The van der Waals surface area contributed by atoms with E-state index >= 15 is 0 Å². The van der Waals surface area contributed by atoms with Crippen molar-refractivity contribution >= 4 is 45.3 Å². The van der Waals surface area contributed by atoms with Gasteiger partial charge in [-0.15, -0.1) is 0 Å². The molecule has 1 aliphatic rings. The summed E-state index contributed by atoms with van der Waals surface area (Å²) in [5.41, 5.74) is 6.54. The zero-order chi connectivity index (χ0) is 25.9. The first kappa shape index (κ1) is 26.4. The third kappa shape index (κ3) is 6.48. The minimum atomic E-state index is -0.768. The molecule has 35 heavy (non-hydrogen) atoms. The molecule has 1 atom stereocenters. The van der Waals surface area contributed by atoms with E-state index in [-0.39, 0.29) is 18.4 Å². The normalized spacial score (nSPS) is 15.7. The van der Waals surface area contributed by atoms with Crippen LogP contribution < -0.4 is 10.7 Å². The van der Waals surface area contributed by atoms with Gasteiger partial charge >= 0.3 is 5.97 Å². The van der Waals surface area contributed by atoms with Crippen molar-refractivity contribution < 1.29 is 23.9 Å². The molecular weight excluding hydrogens is 514 g/mol. The lowest BCUT2D eigenvalue weighted by molar-refractivity contribution is -0.151. The fourth-order valence-electron chi connectivity index (χ4n) is 3.65. The predicted octanol–water partition coefficient (Wildman–Crippen LogP) is 4.04. The molecule has 9 heteroatoms. The predicted molar refractivity (Wildman–Crippen MR) is 136 cm³/mol. The smallest absolute Gasteiger partial charge is 0.311 e. The molecule has 0 radical (unpaired) electrons. The van der Waals surface area contributed by atoms with Crippen molar-refractivity contribution in [1.82, 2.24) is 10.4 Å². The summed E-state index contributed by atoms with van der Waals surface area (Å²) in [7, 11) is 0. The van der Waals surface area contributed by atoms with E-state index in [1.807, 2.05) is 32.0 Å². The van der Waals surface area contributed by atoms with Gasteiger partial charge in [-0.1, -0.05) is 48.8 Å². The van der Waals surface area contributed by atoms with Gasteiger partial charge in [0.2, 0.25) is 5.91 Å². The summed E-state index contributed by atoms with van der Waals surface area (Å²) in [6.07, 6.45) is -0.102. The number of amides is 3. The van der Waals surface area contributed by atoms with Crippen molar-refractivity contribution in [3.8, 4) is 0 Å². The lowest BCUT2D eigenvalue weighted by atomic mass is 9.87. The van der Waals surface area contributed by atoms with Crippen molar-refractivity contribution in [1.29, 1.82) is 0 Å². The van der Waals surface area contributed by atoms with Crippen LogP contribution in [-0.4, -0.2) is 41.9 Å². The Kier molecular flexibility index (Phi) is 8.00. The second-order valence-corrected chi connectivity index (χ2v) is 10.5. The lowest BCUT2D eigenvalue weighted by Crippen LogP contribution is -2.43. The number of anilines is 1. The number of carbonyl (C=O) groups is 4. The van der Waals surface area contributed by atoms with Gasteiger partial charge in [-0.25, -0.2) is 0 Å². The molecule has 0 spiro atoms. The second kappa shape index (κ2) is 10.6. The first-order valence-electron chi connectivity index (χ1n) is 11.3. The van der Waals surface area contributed by atoms with Crippen LogP contribution >= 0.6 is 15.9 Å². The van der Waals surface area contributed by atoms with Crippen LogP contribution in [0.4, 0.5) is 5.69 Å². The van der Waals surface area contributed by atoms with E-state index in [1.54, 1.807) is 18.2 Å². The molecule has 2 aromatic carbocycles. The van der Waals surface area contributed by atoms with Crippen molar-refractivity contribution in [2.75, 3.05) is 18.5 Å². The SMILES string of the molecule is Cc1c(Br)ccc(NC(=O)COC(=O)[C@@H]2CC(=O)N(NC(=O)c3ccc(C(C)(C)C)cc3)C2)c1C. The number of benzene rings is 2. The topological polar surface area (TPSA) is 105 Å². The van der Waals surface area contributed by atoms with Gasteiger partial charge in [0.05, 0.1) is 12.5 Å². The summed E-state index contributed by atoms with van der Waals surface area (Å²) in [4.78, 5) is 49.6. The number of carbonyl (C=O) groups excluding carboxylic acids is 4. The van der Waals surface area contributed by atoms with Crippen molar-refractivity contribution in [3.63, 3.8) is 0 Å². The Balaban J connectivity index is 1.51. The van der Waals surface area contributed by atoms with Crippen LogP contribution in [0.15, 0.2) is 40.9 Å².